The Balaban J connectivity index is 1.98. The lowest BCUT2D eigenvalue weighted by Gasteiger charge is -2.30. The first-order valence-corrected chi connectivity index (χ1v) is 5.41. The van der Waals surface area contributed by atoms with E-state index in [4.69, 9.17) is 5.73 Å². The second-order valence-corrected chi connectivity index (χ2v) is 4.35. The monoisotopic (exact) mass is 191 g/mol. The Labute approximate surface area is 84.9 Å². The van der Waals surface area contributed by atoms with E-state index in [9.17, 15) is 4.79 Å². The van der Waals surface area contributed by atoms with Gasteiger partial charge in [-0.1, -0.05) is 18.2 Å². The third kappa shape index (κ3) is 1.95. The Morgan fingerprint density at radius 2 is 1.86 bits per heavy atom. The van der Waals surface area contributed by atoms with Gasteiger partial charge >= 0.3 is 0 Å². The summed E-state index contributed by atoms with van der Waals surface area (Å²) in [6, 6.07) is 0.365. The molecule has 0 aromatic carbocycles. The number of ketones is 1. The molecule has 0 bridgehead atoms. The lowest BCUT2D eigenvalue weighted by atomic mass is 9.75. The smallest absolute Gasteiger partial charge is 0.162 e. The summed E-state index contributed by atoms with van der Waals surface area (Å²) < 4.78 is 0. The molecule has 0 aliphatic heterocycles. The number of nitrogens with two attached hydrogens (primary N) is 1. The van der Waals surface area contributed by atoms with Crippen molar-refractivity contribution in [2.45, 2.75) is 31.7 Å². The summed E-state index contributed by atoms with van der Waals surface area (Å²) in [6.45, 7) is 0. The van der Waals surface area contributed by atoms with Crippen LogP contribution < -0.4 is 5.73 Å². The number of hydrogen-bond acceptors (Lipinski definition) is 2. The van der Waals surface area contributed by atoms with E-state index in [1.807, 2.05) is 18.2 Å². The van der Waals surface area contributed by atoms with Crippen molar-refractivity contribution in [2.24, 2.45) is 17.6 Å². The molecule has 2 aliphatic rings. The van der Waals surface area contributed by atoms with Crippen LogP contribution in [0.1, 0.15) is 25.7 Å². The van der Waals surface area contributed by atoms with E-state index in [-0.39, 0.29) is 11.7 Å². The van der Waals surface area contributed by atoms with Gasteiger partial charge in [0.25, 0.3) is 0 Å². The second-order valence-electron chi connectivity index (χ2n) is 4.35. The second kappa shape index (κ2) is 4.09. The van der Waals surface area contributed by atoms with Crippen LogP contribution in [0.15, 0.2) is 24.3 Å². The third-order valence-corrected chi connectivity index (χ3v) is 3.34. The van der Waals surface area contributed by atoms with Crippen LogP contribution in [-0.2, 0) is 4.79 Å². The maximum absolute atomic E-state index is 11.6. The van der Waals surface area contributed by atoms with Crippen LogP contribution in [0.4, 0.5) is 0 Å². The summed E-state index contributed by atoms with van der Waals surface area (Å²) in [5.41, 5.74) is 5.84. The van der Waals surface area contributed by atoms with Crippen LogP contribution in [0, 0.1) is 11.8 Å². The Morgan fingerprint density at radius 3 is 2.50 bits per heavy atom. The fourth-order valence-electron chi connectivity index (χ4n) is 2.43. The average Bonchev–Trinajstić information content (AvgIpc) is 2.20. The molecule has 0 amide bonds. The highest BCUT2D eigenvalue weighted by Gasteiger charge is 2.28. The lowest BCUT2D eigenvalue weighted by Crippen LogP contribution is -2.31. The van der Waals surface area contributed by atoms with Gasteiger partial charge in [-0.3, -0.25) is 4.79 Å². The van der Waals surface area contributed by atoms with Gasteiger partial charge in [0.2, 0.25) is 0 Å². The van der Waals surface area contributed by atoms with Crippen molar-refractivity contribution in [3.63, 3.8) is 0 Å². The van der Waals surface area contributed by atoms with Crippen molar-refractivity contribution >= 4 is 5.78 Å². The minimum Gasteiger partial charge on any atom is -0.328 e. The molecule has 2 nitrogen and oxygen atoms in total. The Kier molecular flexibility index (Phi) is 2.82. The Morgan fingerprint density at radius 1 is 1.14 bits per heavy atom. The van der Waals surface area contributed by atoms with Gasteiger partial charge in [-0.2, -0.15) is 0 Å². The Bertz CT molecular complexity index is 272. The molecule has 0 saturated heterocycles. The number of carbonyl (C=O) groups excluding carboxylic acids is 1. The molecular weight excluding hydrogens is 174 g/mol. The molecule has 0 aromatic heterocycles. The number of carbonyl (C=O) groups is 1. The highest BCUT2D eigenvalue weighted by atomic mass is 16.1. The van der Waals surface area contributed by atoms with Gasteiger partial charge in [0, 0.05) is 12.0 Å². The van der Waals surface area contributed by atoms with E-state index in [0.717, 1.165) is 25.7 Å². The van der Waals surface area contributed by atoms with Crippen LogP contribution in [0.25, 0.3) is 0 Å². The van der Waals surface area contributed by atoms with Gasteiger partial charge in [0.1, 0.15) is 0 Å². The van der Waals surface area contributed by atoms with E-state index in [1.165, 1.54) is 0 Å². The molecule has 2 heteroatoms. The zero-order valence-corrected chi connectivity index (χ0v) is 8.36. The maximum Gasteiger partial charge on any atom is 0.162 e. The molecule has 2 aliphatic carbocycles. The van der Waals surface area contributed by atoms with Gasteiger partial charge in [-0.25, -0.2) is 0 Å². The molecule has 76 valence electrons. The molecule has 1 atom stereocenters. The van der Waals surface area contributed by atoms with Crippen LogP contribution in [-0.4, -0.2) is 11.8 Å². The maximum atomic E-state index is 11.6. The zero-order valence-electron chi connectivity index (χ0n) is 8.36. The first kappa shape index (κ1) is 9.66. The van der Waals surface area contributed by atoms with E-state index in [2.05, 4.69) is 0 Å². The zero-order chi connectivity index (χ0) is 9.97. The van der Waals surface area contributed by atoms with Crippen molar-refractivity contribution in [2.75, 3.05) is 0 Å². The SMILES string of the molecule is NC1CCC(C2C=CC=CC2=O)CC1. The van der Waals surface area contributed by atoms with Gasteiger partial charge in [0.05, 0.1) is 0 Å². The lowest BCUT2D eigenvalue weighted by molar-refractivity contribution is -0.118. The van der Waals surface area contributed by atoms with E-state index >= 15 is 0 Å². The fourth-order valence-corrected chi connectivity index (χ4v) is 2.43. The van der Waals surface area contributed by atoms with Crippen molar-refractivity contribution in [1.82, 2.24) is 0 Å². The fraction of sp³-hybridized carbons (Fsp3) is 0.583. The molecule has 1 saturated carbocycles. The normalized spacial score (nSPS) is 37.5. The number of hydrogen-bond donors (Lipinski definition) is 1. The van der Waals surface area contributed by atoms with Crippen LogP contribution in [0.2, 0.25) is 0 Å². The molecule has 0 radical (unpaired) electrons. The first-order chi connectivity index (χ1) is 6.77. The molecule has 0 heterocycles. The largest absolute Gasteiger partial charge is 0.328 e. The summed E-state index contributed by atoms with van der Waals surface area (Å²) in [6.07, 6.45) is 11.9. The average molecular weight is 191 g/mol. The van der Waals surface area contributed by atoms with E-state index in [0.29, 0.717) is 12.0 Å². The molecule has 1 unspecified atom stereocenters. The number of rotatable bonds is 1. The van der Waals surface area contributed by atoms with Crippen molar-refractivity contribution in [1.29, 1.82) is 0 Å². The molecular formula is C12H17NO. The van der Waals surface area contributed by atoms with E-state index in [1.54, 1.807) is 6.08 Å². The first-order valence-electron chi connectivity index (χ1n) is 5.41. The highest BCUT2D eigenvalue weighted by Crippen LogP contribution is 2.32. The van der Waals surface area contributed by atoms with Gasteiger partial charge < -0.3 is 5.73 Å². The molecule has 0 spiro atoms. The number of allylic oxidation sites excluding steroid dienone is 4. The van der Waals surface area contributed by atoms with Crippen molar-refractivity contribution in [3.8, 4) is 0 Å². The molecule has 14 heavy (non-hydrogen) atoms. The van der Waals surface area contributed by atoms with Crippen LogP contribution >= 0.6 is 0 Å². The summed E-state index contributed by atoms with van der Waals surface area (Å²) in [4.78, 5) is 11.6. The van der Waals surface area contributed by atoms with Crippen molar-refractivity contribution < 1.29 is 4.79 Å². The van der Waals surface area contributed by atoms with Gasteiger partial charge in [-0.15, -0.1) is 0 Å². The summed E-state index contributed by atoms with van der Waals surface area (Å²) in [5.74, 6) is 0.934. The minimum absolute atomic E-state index is 0.132. The topological polar surface area (TPSA) is 43.1 Å². The van der Waals surface area contributed by atoms with E-state index < -0.39 is 0 Å². The quantitative estimate of drug-likeness (QED) is 0.687. The summed E-state index contributed by atoms with van der Waals surface area (Å²) >= 11 is 0. The highest BCUT2D eigenvalue weighted by molar-refractivity contribution is 5.94. The summed E-state index contributed by atoms with van der Waals surface area (Å²) in [5, 5.41) is 0. The minimum atomic E-state index is 0.132. The third-order valence-electron chi connectivity index (χ3n) is 3.34. The summed E-state index contributed by atoms with van der Waals surface area (Å²) in [7, 11) is 0. The predicted octanol–water partition coefficient (Wildman–Crippen LogP) is 1.82. The Hall–Kier alpha value is -0.890. The van der Waals surface area contributed by atoms with Gasteiger partial charge in [0.15, 0.2) is 5.78 Å². The van der Waals surface area contributed by atoms with Gasteiger partial charge in [-0.05, 0) is 37.7 Å². The van der Waals surface area contributed by atoms with Crippen molar-refractivity contribution in [3.05, 3.63) is 24.3 Å². The standard InChI is InChI=1S/C12H17NO/c13-10-7-5-9(6-8-10)11-3-1-2-4-12(11)14/h1-4,9-11H,5-8,13H2. The predicted molar refractivity (Wildman–Crippen MR) is 56.7 cm³/mol. The molecule has 1 fully saturated rings. The van der Waals surface area contributed by atoms with Crippen LogP contribution in [0.3, 0.4) is 0 Å². The molecule has 0 aromatic rings. The van der Waals surface area contributed by atoms with Crippen LogP contribution in [0.5, 0.6) is 0 Å². The molecule has 2 N–H and O–H groups in total. The molecule has 2 rings (SSSR count).